The minimum absolute atomic E-state index is 0.0170. The summed E-state index contributed by atoms with van der Waals surface area (Å²) < 4.78 is 20.2. The average Bonchev–Trinajstić information content (AvgIpc) is 3.41. The number of benzene rings is 2. The third-order valence-corrected chi connectivity index (χ3v) is 4.71. The monoisotopic (exact) mass is 415 g/mol. The Morgan fingerprint density at radius 2 is 1.84 bits per heavy atom. The Kier molecular flexibility index (Phi) is 4.40. The molecule has 0 spiro atoms. The smallest absolute Gasteiger partial charge is 0.393 e. The van der Waals surface area contributed by atoms with Crippen molar-refractivity contribution in [2.24, 2.45) is 0 Å². The number of aromatic carboxylic acids is 1. The summed E-state index contributed by atoms with van der Waals surface area (Å²) in [4.78, 5) is 15.4. The van der Waals surface area contributed by atoms with Crippen molar-refractivity contribution in [2.75, 3.05) is 5.32 Å². The zero-order chi connectivity index (χ0) is 21.4. The predicted octanol–water partition coefficient (Wildman–Crippen LogP) is 4.63. The van der Waals surface area contributed by atoms with Gasteiger partial charge in [-0.15, -0.1) is 0 Å². The summed E-state index contributed by atoms with van der Waals surface area (Å²) in [5, 5.41) is 18.9. The maximum atomic E-state index is 13.2. The van der Waals surface area contributed by atoms with Crippen molar-refractivity contribution in [1.29, 1.82) is 0 Å². The lowest BCUT2D eigenvalue weighted by Crippen LogP contribution is -1.95. The number of hydrogen-bond acceptors (Lipinski definition) is 6. The summed E-state index contributed by atoms with van der Waals surface area (Å²) >= 11 is 0. The van der Waals surface area contributed by atoms with Crippen LogP contribution < -0.4 is 5.32 Å². The second-order valence-corrected chi connectivity index (χ2v) is 6.72. The van der Waals surface area contributed by atoms with Crippen molar-refractivity contribution in [3.05, 3.63) is 84.8 Å². The van der Waals surface area contributed by atoms with Gasteiger partial charge in [-0.2, -0.15) is 0 Å². The van der Waals surface area contributed by atoms with Crippen LogP contribution in [0.4, 0.5) is 16.1 Å². The second kappa shape index (κ2) is 7.38. The number of carboxylic acids is 1. The van der Waals surface area contributed by atoms with Crippen LogP contribution in [0.15, 0.2) is 77.5 Å². The molecule has 0 unspecified atom stereocenters. The molecule has 0 saturated heterocycles. The molecule has 0 radical (unpaired) electrons. The van der Waals surface area contributed by atoms with E-state index in [-0.39, 0.29) is 11.8 Å². The molecular weight excluding hydrogens is 401 g/mol. The third kappa shape index (κ3) is 3.60. The molecular formula is C22H14FN5O3. The predicted molar refractivity (Wildman–Crippen MR) is 111 cm³/mol. The summed E-state index contributed by atoms with van der Waals surface area (Å²) in [5.74, 6) is -2.06. The highest BCUT2D eigenvalue weighted by Gasteiger charge is 2.13. The fourth-order valence-corrected chi connectivity index (χ4v) is 3.26. The molecule has 0 bridgehead atoms. The van der Waals surface area contributed by atoms with E-state index in [1.807, 2.05) is 40.9 Å². The van der Waals surface area contributed by atoms with E-state index in [4.69, 9.17) is 9.52 Å². The Morgan fingerprint density at radius 1 is 1.00 bits per heavy atom. The Bertz CT molecular complexity index is 1410. The Hall–Kier alpha value is -4.53. The van der Waals surface area contributed by atoms with Gasteiger partial charge in [0.15, 0.2) is 0 Å². The summed E-state index contributed by atoms with van der Waals surface area (Å²) in [7, 11) is 0. The lowest BCUT2D eigenvalue weighted by atomic mass is 10.1. The molecule has 5 rings (SSSR count). The molecule has 0 atom stereocenters. The van der Waals surface area contributed by atoms with E-state index in [1.54, 1.807) is 24.4 Å². The fraction of sp³-hybridized carbons (Fsp3) is 0. The van der Waals surface area contributed by atoms with Gasteiger partial charge >= 0.3 is 17.9 Å². The Morgan fingerprint density at radius 3 is 2.61 bits per heavy atom. The Labute approximate surface area is 174 Å². The van der Waals surface area contributed by atoms with Crippen LogP contribution in [0.25, 0.3) is 28.0 Å². The first-order chi connectivity index (χ1) is 15.1. The van der Waals surface area contributed by atoms with E-state index in [9.17, 15) is 9.18 Å². The van der Waals surface area contributed by atoms with Gasteiger partial charge < -0.3 is 14.8 Å². The molecule has 31 heavy (non-hydrogen) atoms. The van der Waals surface area contributed by atoms with E-state index in [0.717, 1.165) is 28.0 Å². The zero-order valence-electron chi connectivity index (χ0n) is 15.9. The van der Waals surface area contributed by atoms with Gasteiger partial charge in [-0.3, -0.25) is 4.40 Å². The first kappa shape index (κ1) is 18.5. The summed E-state index contributed by atoms with van der Waals surface area (Å²) in [6.07, 6.45) is 3.67. The van der Waals surface area contributed by atoms with Crippen LogP contribution in [0.1, 0.15) is 10.7 Å². The zero-order valence-corrected chi connectivity index (χ0v) is 15.9. The number of nitrogens with zero attached hydrogens (tertiary/aromatic N) is 4. The molecule has 5 aromatic rings. The van der Waals surface area contributed by atoms with Gasteiger partial charge in [-0.05, 0) is 47.5 Å². The van der Waals surface area contributed by atoms with Gasteiger partial charge in [0.1, 0.15) is 11.5 Å². The molecule has 0 aliphatic carbocycles. The number of hydrogen-bond donors (Lipinski definition) is 2. The van der Waals surface area contributed by atoms with Gasteiger partial charge in [0.25, 0.3) is 0 Å². The van der Waals surface area contributed by atoms with Gasteiger partial charge in [0.05, 0.1) is 11.9 Å². The molecule has 0 amide bonds. The van der Waals surface area contributed by atoms with Gasteiger partial charge in [0.2, 0.25) is 0 Å². The molecule has 2 N–H and O–H groups in total. The number of carbonyl (C=O) groups is 1. The highest BCUT2D eigenvalue weighted by Crippen LogP contribution is 2.27. The summed E-state index contributed by atoms with van der Waals surface area (Å²) in [6.45, 7) is 0. The van der Waals surface area contributed by atoms with Crippen LogP contribution in [0, 0.1) is 5.82 Å². The van der Waals surface area contributed by atoms with Crippen LogP contribution in [0.2, 0.25) is 0 Å². The molecule has 152 valence electrons. The van der Waals surface area contributed by atoms with Crippen LogP contribution >= 0.6 is 0 Å². The number of carboxylic acid groups (broad SMARTS) is 1. The van der Waals surface area contributed by atoms with Gasteiger partial charge in [-0.1, -0.05) is 34.5 Å². The number of pyridine rings is 1. The summed E-state index contributed by atoms with van der Waals surface area (Å²) in [5.41, 5.74) is 4.98. The normalized spacial score (nSPS) is 11.0. The molecule has 0 fully saturated rings. The molecule has 3 heterocycles. The largest absolute Gasteiger partial charge is 0.474 e. The maximum absolute atomic E-state index is 13.2. The fourth-order valence-electron chi connectivity index (χ4n) is 3.26. The topological polar surface area (TPSA) is 106 Å². The minimum atomic E-state index is -1.29. The molecule has 9 heteroatoms. The lowest BCUT2D eigenvalue weighted by Gasteiger charge is -2.07. The quantitative estimate of drug-likeness (QED) is 0.431. The van der Waals surface area contributed by atoms with E-state index >= 15 is 0 Å². The first-order valence-electron chi connectivity index (χ1n) is 9.24. The second-order valence-electron chi connectivity index (χ2n) is 6.72. The van der Waals surface area contributed by atoms with Crippen LogP contribution in [0.3, 0.4) is 0 Å². The minimum Gasteiger partial charge on any atom is -0.474 e. The van der Waals surface area contributed by atoms with E-state index in [0.29, 0.717) is 5.69 Å². The van der Waals surface area contributed by atoms with Crippen molar-refractivity contribution in [3.63, 3.8) is 0 Å². The van der Waals surface area contributed by atoms with E-state index < -0.39 is 11.9 Å². The standard InChI is InChI=1S/C22H14FN5O3/c23-16-6-4-13(5-7-16)14-8-9-28-18(12-24-19(28)11-14)15-2-1-3-17(10-15)25-22-27-26-20(31-22)21(29)30/h1-12H,(H,25,27)(H,29,30). The number of fused-ring (bicyclic) bond motifs is 1. The van der Waals surface area contributed by atoms with Crippen molar-refractivity contribution in [2.45, 2.75) is 0 Å². The molecule has 0 aliphatic heterocycles. The van der Waals surface area contributed by atoms with E-state index in [2.05, 4.69) is 20.5 Å². The van der Waals surface area contributed by atoms with E-state index in [1.165, 1.54) is 12.1 Å². The number of anilines is 2. The number of nitrogens with one attached hydrogen (secondary N) is 1. The van der Waals surface area contributed by atoms with Gasteiger partial charge in [-0.25, -0.2) is 14.2 Å². The molecule has 2 aromatic carbocycles. The van der Waals surface area contributed by atoms with Crippen molar-refractivity contribution < 1.29 is 18.7 Å². The number of aromatic nitrogens is 4. The molecule has 0 saturated carbocycles. The van der Waals surface area contributed by atoms with Crippen molar-refractivity contribution in [3.8, 4) is 22.4 Å². The SMILES string of the molecule is O=C(O)c1nnc(Nc2cccc(-c3cnc4cc(-c5ccc(F)cc5)ccn34)c2)o1. The highest BCUT2D eigenvalue weighted by atomic mass is 19.1. The van der Waals surface area contributed by atoms with Crippen LogP contribution in [-0.2, 0) is 0 Å². The number of imidazole rings is 1. The van der Waals surface area contributed by atoms with Crippen molar-refractivity contribution >= 4 is 23.3 Å². The molecule has 0 aliphatic rings. The molecule has 8 nitrogen and oxygen atoms in total. The first-order valence-corrected chi connectivity index (χ1v) is 9.24. The average molecular weight is 415 g/mol. The summed E-state index contributed by atoms with van der Waals surface area (Å²) in [6, 6.07) is 17.6. The van der Waals surface area contributed by atoms with Gasteiger partial charge in [0, 0.05) is 17.4 Å². The maximum Gasteiger partial charge on any atom is 0.393 e. The number of rotatable bonds is 5. The number of halogens is 1. The lowest BCUT2D eigenvalue weighted by molar-refractivity contribution is 0.0654. The van der Waals surface area contributed by atoms with Crippen LogP contribution in [-0.4, -0.2) is 30.7 Å². The highest BCUT2D eigenvalue weighted by molar-refractivity contribution is 5.82. The third-order valence-electron chi connectivity index (χ3n) is 4.71. The molecule has 3 aromatic heterocycles. The van der Waals surface area contributed by atoms with Crippen LogP contribution in [0.5, 0.6) is 0 Å². The Balaban J connectivity index is 1.45. The van der Waals surface area contributed by atoms with Crippen molar-refractivity contribution in [1.82, 2.24) is 19.6 Å².